The van der Waals surface area contributed by atoms with E-state index in [1.165, 1.54) is 11.3 Å². The van der Waals surface area contributed by atoms with Gasteiger partial charge >= 0.3 is 0 Å². The Morgan fingerprint density at radius 2 is 2.06 bits per heavy atom. The molecule has 0 aliphatic heterocycles. The Labute approximate surface area is 120 Å². The quantitative estimate of drug-likeness (QED) is 0.523. The third-order valence-corrected chi connectivity index (χ3v) is 5.01. The van der Waals surface area contributed by atoms with E-state index < -0.39 is 0 Å². The molecule has 0 N–H and O–H groups in total. The minimum Gasteiger partial charge on any atom is -0.288 e. The summed E-state index contributed by atoms with van der Waals surface area (Å²) >= 11 is 7.14. The monoisotopic (exact) mass is 406 g/mol. The van der Waals surface area contributed by atoms with Gasteiger partial charge < -0.3 is 0 Å². The number of hydrogen-bond donors (Lipinski definition) is 0. The van der Waals surface area contributed by atoms with Crippen LogP contribution in [0.2, 0.25) is 0 Å². The van der Waals surface area contributed by atoms with Gasteiger partial charge in [0.05, 0.1) is 4.88 Å². The standard InChI is InChI=1S/C12H8BrIOS/c1-7-6-9(13)12(16-7)11(15)8-4-2-3-5-10(8)14/h2-6H,1H3. The van der Waals surface area contributed by atoms with Crippen LogP contribution in [0.4, 0.5) is 0 Å². The summed E-state index contributed by atoms with van der Waals surface area (Å²) in [5.41, 5.74) is 0.769. The van der Waals surface area contributed by atoms with Crippen molar-refractivity contribution in [3.05, 3.63) is 53.7 Å². The van der Waals surface area contributed by atoms with Crippen molar-refractivity contribution in [3.8, 4) is 0 Å². The molecule has 4 heteroatoms. The smallest absolute Gasteiger partial charge is 0.205 e. The summed E-state index contributed by atoms with van der Waals surface area (Å²) in [5, 5.41) is 0. The molecule has 1 heterocycles. The molecule has 16 heavy (non-hydrogen) atoms. The fourth-order valence-electron chi connectivity index (χ4n) is 1.41. The molecule has 0 amide bonds. The van der Waals surface area contributed by atoms with E-state index in [9.17, 15) is 4.79 Å². The fourth-order valence-corrected chi connectivity index (χ4v) is 3.81. The van der Waals surface area contributed by atoms with Gasteiger partial charge in [-0.15, -0.1) is 11.3 Å². The van der Waals surface area contributed by atoms with Gasteiger partial charge in [-0.05, 0) is 63.6 Å². The lowest BCUT2D eigenvalue weighted by Crippen LogP contribution is -2.01. The Morgan fingerprint density at radius 1 is 1.38 bits per heavy atom. The molecule has 1 aromatic heterocycles. The summed E-state index contributed by atoms with van der Waals surface area (Å²) < 4.78 is 1.88. The zero-order chi connectivity index (χ0) is 11.7. The van der Waals surface area contributed by atoms with E-state index in [2.05, 4.69) is 38.5 Å². The first kappa shape index (κ1) is 12.3. The van der Waals surface area contributed by atoms with Crippen LogP contribution in [0.25, 0.3) is 0 Å². The van der Waals surface area contributed by atoms with E-state index in [0.717, 1.165) is 23.4 Å². The van der Waals surface area contributed by atoms with Crippen molar-refractivity contribution >= 4 is 55.6 Å². The van der Waals surface area contributed by atoms with Gasteiger partial charge in [0, 0.05) is 18.5 Å². The van der Waals surface area contributed by atoms with Crippen molar-refractivity contribution in [1.29, 1.82) is 0 Å². The van der Waals surface area contributed by atoms with Gasteiger partial charge in [0.25, 0.3) is 0 Å². The molecule has 0 atom stereocenters. The first-order valence-electron chi connectivity index (χ1n) is 4.65. The second-order valence-corrected chi connectivity index (χ2v) is 6.62. The lowest BCUT2D eigenvalue weighted by Gasteiger charge is -2.01. The average molecular weight is 407 g/mol. The molecule has 0 radical (unpaired) electrons. The normalized spacial score (nSPS) is 10.4. The molecule has 0 bridgehead atoms. The van der Waals surface area contributed by atoms with E-state index in [0.29, 0.717) is 0 Å². The largest absolute Gasteiger partial charge is 0.288 e. The van der Waals surface area contributed by atoms with Crippen molar-refractivity contribution in [3.63, 3.8) is 0 Å². The van der Waals surface area contributed by atoms with Gasteiger partial charge in [-0.1, -0.05) is 12.1 Å². The Kier molecular flexibility index (Phi) is 3.81. The summed E-state index contributed by atoms with van der Waals surface area (Å²) in [6, 6.07) is 9.62. The van der Waals surface area contributed by atoms with Crippen LogP contribution in [-0.2, 0) is 0 Å². The highest BCUT2D eigenvalue weighted by Gasteiger charge is 2.17. The third-order valence-electron chi connectivity index (χ3n) is 2.13. The Hall–Kier alpha value is -0.200. The molecule has 0 saturated heterocycles. The Morgan fingerprint density at radius 3 is 2.62 bits per heavy atom. The molecular weight excluding hydrogens is 399 g/mol. The highest BCUT2D eigenvalue weighted by atomic mass is 127. The molecule has 0 aliphatic carbocycles. The molecule has 0 fully saturated rings. The number of hydrogen-bond acceptors (Lipinski definition) is 2. The van der Waals surface area contributed by atoms with E-state index >= 15 is 0 Å². The lowest BCUT2D eigenvalue weighted by atomic mass is 10.1. The van der Waals surface area contributed by atoms with E-state index in [1.807, 2.05) is 37.3 Å². The maximum absolute atomic E-state index is 12.3. The van der Waals surface area contributed by atoms with E-state index in [4.69, 9.17) is 0 Å². The van der Waals surface area contributed by atoms with Crippen LogP contribution < -0.4 is 0 Å². The van der Waals surface area contributed by atoms with Gasteiger partial charge in [0.2, 0.25) is 5.78 Å². The van der Waals surface area contributed by atoms with Crippen molar-refractivity contribution < 1.29 is 4.79 Å². The molecule has 0 saturated carbocycles. The third kappa shape index (κ3) is 2.38. The summed E-state index contributed by atoms with van der Waals surface area (Å²) in [6.07, 6.45) is 0. The van der Waals surface area contributed by atoms with Gasteiger partial charge in [-0.3, -0.25) is 4.79 Å². The molecule has 0 aliphatic rings. The van der Waals surface area contributed by atoms with Crippen LogP contribution in [0.1, 0.15) is 20.1 Å². The molecule has 2 aromatic rings. The average Bonchev–Trinajstić information content (AvgIpc) is 2.58. The van der Waals surface area contributed by atoms with E-state index in [-0.39, 0.29) is 5.78 Å². The topological polar surface area (TPSA) is 17.1 Å². The van der Waals surface area contributed by atoms with Crippen LogP contribution in [0.5, 0.6) is 0 Å². The van der Waals surface area contributed by atoms with Gasteiger partial charge in [0.1, 0.15) is 0 Å². The number of ketones is 1. The van der Waals surface area contributed by atoms with Crippen LogP contribution in [-0.4, -0.2) is 5.78 Å². The Bertz CT molecular complexity index is 548. The van der Waals surface area contributed by atoms with Gasteiger partial charge in [-0.2, -0.15) is 0 Å². The first-order chi connectivity index (χ1) is 7.59. The molecule has 2 rings (SSSR count). The van der Waals surface area contributed by atoms with Crippen molar-refractivity contribution in [2.45, 2.75) is 6.92 Å². The maximum Gasteiger partial charge on any atom is 0.205 e. The maximum atomic E-state index is 12.3. The zero-order valence-electron chi connectivity index (χ0n) is 8.46. The second-order valence-electron chi connectivity index (χ2n) is 3.34. The Balaban J connectivity index is 2.47. The van der Waals surface area contributed by atoms with Crippen LogP contribution >= 0.6 is 49.9 Å². The minimum atomic E-state index is 0.0926. The van der Waals surface area contributed by atoms with E-state index in [1.54, 1.807) is 0 Å². The summed E-state index contributed by atoms with van der Waals surface area (Å²) in [7, 11) is 0. The molecular formula is C12H8BrIOS. The van der Waals surface area contributed by atoms with Crippen molar-refractivity contribution in [1.82, 2.24) is 0 Å². The van der Waals surface area contributed by atoms with Crippen LogP contribution in [0.15, 0.2) is 34.8 Å². The summed E-state index contributed by atoms with van der Waals surface area (Å²) in [5.74, 6) is 0.0926. The number of carbonyl (C=O) groups excluding carboxylic acids is 1. The number of aryl methyl sites for hydroxylation is 1. The predicted octanol–water partition coefficient (Wildman–Crippen LogP) is 4.65. The minimum absolute atomic E-state index is 0.0926. The predicted molar refractivity (Wildman–Crippen MR) is 79.3 cm³/mol. The second kappa shape index (κ2) is 4.98. The molecule has 82 valence electrons. The number of carbonyl (C=O) groups is 1. The SMILES string of the molecule is Cc1cc(Br)c(C(=O)c2ccccc2I)s1. The highest BCUT2D eigenvalue weighted by molar-refractivity contribution is 14.1. The zero-order valence-corrected chi connectivity index (χ0v) is 13.0. The fraction of sp³-hybridized carbons (Fsp3) is 0.0833. The number of halogens is 2. The van der Waals surface area contributed by atoms with Crippen molar-refractivity contribution in [2.75, 3.05) is 0 Å². The molecule has 1 aromatic carbocycles. The molecule has 0 unspecified atom stereocenters. The van der Waals surface area contributed by atoms with Gasteiger partial charge in [0.15, 0.2) is 0 Å². The lowest BCUT2D eigenvalue weighted by molar-refractivity contribution is 0.104. The molecule has 0 spiro atoms. The number of benzene rings is 1. The van der Waals surface area contributed by atoms with Crippen LogP contribution in [0, 0.1) is 10.5 Å². The number of rotatable bonds is 2. The molecule has 1 nitrogen and oxygen atoms in total. The van der Waals surface area contributed by atoms with Gasteiger partial charge in [-0.25, -0.2) is 0 Å². The first-order valence-corrected chi connectivity index (χ1v) is 7.33. The van der Waals surface area contributed by atoms with Crippen molar-refractivity contribution in [2.24, 2.45) is 0 Å². The number of thiophene rings is 1. The summed E-state index contributed by atoms with van der Waals surface area (Å²) in [6.45, 7) is 2.00. The highest BCUT2D eigenvalue weighted by Crippen LogP contribution is 2.30. The van der Waals surface area contributed by atoms with Crippen LogP contribution in [0.3, 0.4) is 0 Å². The summed E-state index contributed by atoms with van der Waals surface area (Å²) in [4.78, 5) is 14.2.